The van der Waals surface area contributed by atoms with Gasteiger partial charge in [-0.1, -0.05) is 58.0 Å². The van der Waals surface area contributed by atoms with Crippen LogP contribution in [0, 0.1) is 11.8 Å². The van der Waals surface area contributed by atoms with Crippen LogP contribution in [0.3, 0.4) is 0 Å². The molecular weight excluding hydrogens is 867 g/mol. The summed E-state index contributed by atoms with van der Waals surface area (Å²) in [6, 6.07) is 4.10. The number of amides is 7. The molecule has 358 valence electrons. The minimum Gasteiger partial charge on any atom is -0.508 e. The molecule has 0 saturated heterocycles. The standard InChI is InChI=1S/C43H57N9O14/c1-21(2)13-29(39(61)46-20-34(55)49-30(14-23-9-11-25(53)12-10-23)41(63)51-32(43(65)66)17-36(58)59)48-33(54)19-47-40(62)31(15-24-18-45-28-8-6-5-7-26(24)28)50-42(64)37(22(3)4)52-38(60)27(44)16-35(56)57/h5-12,18,21-22,27,29-32,37,45,53H,13-17,19-20,44H2,1-4H3,(H,46,61)(H,47,62)(H,48,54)(H,49,55)(H,50,64)(H,51,63)(H,52,60)(H,56,57)(H,58,59)(H,65,66)/t27-,29-,30-,31-,32-,37-/m0/s1. The molecule has 23 heteroatoms. The highest BCUT2D eigenvalue weighted by molar-refractivity contribution is 5.97. The number of hydrogen-bond acceptors (Lipinski definition) is 12. The van der Waals surface area contributed by atoms with Crippen molar-refractivity contribution in [2.45, 2.75) is 96.1 Å². The average Bonchev–Trinajstić information content (AvgIpc) is 3.65. The van der Waals surface area contributed by atoms with Gasteiger partial charge in [-0.25, -0.2) is 4.79 Å². The topological polar surface area (TPSA) is 378 Å². The van der Waals surface area contributed by atoms with Crippen LogP contribution in [0.5, 0.6) is 5.75 Å². The van der Waals surface area contributed by atoms with Crippen molar-refractivity contribution in [3.8, 4) is 5.75 Å². The van der Waals surface area contributed by atoms with E-state index in [0.29, 0.717) is 11.1 Å². The Hall–Kier alpha value is -7.56. The Bertz CT molecular complexity index is 2240. The lowest BCUT2D eigenvalue weighted by atomic mass is 10.00. The Kier molecular flexibility index (Phi) is 20.0. The quantitative estimate of drug-likeness (QED) is 0.0430. The maximum absolute atomic E-state index is 13.8. The van der Waals surface area contributed by atoms with Gasteiger partial charge < -0.3 is 68.4 Å². The van der Waals surface area contributed by atoms with E-state index in [2.05, 4.69) is 42.2 Å². The number of nitrogens with one attached hydrogen (secondary N) is 8. The van der Waals surface area contributed by atoms with E-state index in [-0.39, 0.29) is 30.9 Å². The first-order valence-corrected chi connectivity index (χ1v) is 20.8. The van der Waals surface area contributed by atoms with Crippen LogP contribution in [0.15, 0.2) is 54.7 Å². The SMILES string of the molecule is CC(C)C[C@H](NC(=O)CNC(=O)[C@H](Cc1c[nH]c2ccccc12)NC(=O)[C@@H](NC(=O)[C@@H](N)CC(=O)O)C(C)C)C(=O)NCC(=O)N[C@@H](Cc1ccc(O)cc1)C(=O)N[C@@H](CC(=O)O)C(=O)O. The first-order valence-electron chi connectivity index (χ1n) is 20.8. The molecule has 0 radical (unpaired) electrons. The number of benzene rings is 2. The number of phenols is 1. The second-order valence-corrected chi connectivity index (χ2v) is 16.2. The van der Waals surface area contributed by atoms with Crippen LogP contribution in [0.4, 0.5) is 0 Å². The lowest BCUT2D eigenvalue weighted by Crippen LogP contribution is -2.58. The summed E-state index contributed by atoms with van der Waals surface area (Å²) in [4.78, 5) is 130. The van der Waals surface area contributed by atoms with Crippen LogP contribution >= 0.6 is 0 Å². The molecule has 0 saturated carbocycles. The van der Waals surface area contributed by atoms with Crippen molar-refractivity contribution < 1.29 is 68.4 Å². The molecular formula is C43H57N9O14. The first-order chi connectivity index (χ1) is 31.0. The Morgan fingerprint density at radius 2 is 1.15 bits per heavy atom. The highest BCUT2D eigenvalue weighted by Crippen LogP contribution is 2.20. The summed E-state index contributed by atoms with van der Waals surface area (Å²) in [6.07, 6.45) is -0.250. The zero-order valence-electron chi connectivity index (χ0n) is 36.7. The monoisotopic (exact) mass is 923 g/mol. The number of aromatic hydroxyl groups is 1. The number of carboxylic acids is 3. The lowest BCUT2D eigenvalue weighted by molar-refractivity contribution is -0.147. The third-order valence-electron chi connectivity index (χ3n) is 9.94. The van der Waals surface area contributed by atoms with E-state index in [9.17, 15) is 58.2 Å². The molecule has 1 aromatic heterocycles. The van der Waals surface area contributed by atoms with Crippen molar-refractivity contribution in [2.24, 2.45) is 17.6 Å². The van der Waals surface area contributed by atoms with E-state index in [1.54, 1.807) is 58.2 Å². The van der Waals surface area contributed by atoms with Gasteiger partial charge in [0.1, 0.15) is 36.0 Å². The third-order valence-corrected chi connectivity index (χ3v) is 9.94. The molecule has 6 atom stereocenters. The van der Waals surface area contributed by atoms with E-state index < -0.39 is 127 Å². The molecule has 0 spiro atoms. The Balaban J connectivity index is 1.72. The van der Waals surface area contributed by atoms with E-state index >= 15 is 0 Å². The summed E-state index contributed by atoms with van der Waals surface area (Å²) in [5.41, 5.74) is 7.49. The van der Waals surface area contributed by atoms with Crippen LogP contribution in [0.25, 0.3) is 10.9 Å². The molecule has 0 aliphatic rings. The van der Waals surface area contributed by atoms with Gasteiger partial charge in [-0.3, -0.25) is 43.2 Å². The zero-order chi connectivity index (χ0) is 49.2. The van der Waals surface area contributed by atoms with Crippen LogP contribution < -0.4 is 43.0 Å². The van der Waals surface area contributed by atoms with Crippen molar-refractivity contribution in [2.75, 3.05) is 13.1 Å². The Labute approximate surface area is 378 Å². The van der Waals surface area contributed by atoms with Crippen LogP contribution in [0.1, 0.15) is 58.1 Å². The molecule has 0 fully saturated rings. The van der Waals surface area contributed by atoms with Gasteiger partial charge in [0.2, 0.25) is 41.4 Å². The molecule has 1 heterocycles. The Morgan fingerprint density at radius 1 is 0.606 bits per heavy atom. The number of phenolic OH excluding ortho intramolecular Hbond substituents is 1. The predicted octanol–water partition coefficient (Wildman–Crippen LogP) is -1.62. The maximum Gasteiger partial charge on any atom is 0.326 e. The van der Waals surface area contributed by atoms with Gasteiger partial charge >= 0.3 is 17.9 Å². The number of hydrogen-bond donors (Lipinski definition) is 13. The molecule has 0 unspecified atom stereocenters. The van der Waals surface area contributed by atoms with Crippen LogP contribution in [-0.4, -0.2) is 134 Å². The highest BCUT2D eigenvalue weighted by atomic mass is 16.4. The number of aromatic nitrogens is 1. The van der Waals surface area contributed by atoms with Gasteiger partial charge in [0, 0.05) is 29.9 Å². The number of rotatable bonds is 26. The zero-order valence-corrected chi connectivity index (χ0v) is 36.7. The fourth-order valence-corrected chi connectivity index (χ4v) is 6.57. The summed E-state index contributed by atoms with van der Waals surface area (Å²) in [5.74, 6) is -11.4. The van der Waals surface area contributed by atoms with E-state index in [1.807, 2.05) is 0 Å². The normalized spacial score (nSPS) is 13.8. The van der Waals surface area contributed by atoms with E-state index in [4.69, 9.17) is 15.9 Å². The lowest BCUT2D eigenvalue weighted by Gasteiger charge is -2.26. The van der Waals surface area contributed by atoms with Gasteiger partial charge in [-0.05, 0) is 47.6 Å². The number of nitrogens with two attached hydrogens (primary N) is 1. The summed E-state index contributed by atoms with van der Waals surface area (Å²) in [5, 5.41) is 54.9. The average molecular weight is 924 g/mol. The number of H-pyrrole nitrogens is 1. The second-order valence-electron chi connectivity index (χ2n) is 16.2. The minimum absolute atomic E-state index is 0.0663. The van der Waals surface area contributed by atoms with Gasteiger partial charge in [0.05, 0.1) is 32.0 Å². The predicted molar refractivity (Wildman–Crippen MR) is 234 cm³/mol. The van der Waals surface area contributed by atoms with Crippen LogP contribution in [0.2, 0.25) is 0 Å². The summed E-state index contributed by atoms with van der Waals surface area (Å²) >= 11 is 0. The van der Waals surface area contributed by atoms with Crippen molar-refractivity contribution in [3.05, 3.63) is 65.9 Å². The Morgan fingerprint density at radius 3 is 1.71 bits per heavy atom. The largest absolute Gasteiger partial charge is 0.508 e. The minimum atomic E-state index is -1.84. The molecule has 0 aliphatic heterocycles. The number of aliphatic carboxylic acids is 3. The fourth-order valence-electron chi connectivity index (χ4n) is 6.57. The molecule has 3 aromatic rings. The molecule has 0 bridgehead atoms. The van der Waals surface area contributed by atoms with E-state index in [0.717, 1.165) is 10.9 Å². The van der Waals surface area contributed by atoms with E-state index in [1.165, 1.54) is 24.3 Å². The smallest absolute Gasteiger partial charge is 0.326 e. The van der Waals surface area contributed by atoms with Crippen molar-refractivity contribution in [1.29, 1.82) is 0 Å². The van der Waals surface area contributed by atoms with Gasteiger partial charge in [0.25, 0.3) is 0 Å². The number of carbonyl (C=O) groups is 10. The molecule has 23 nitrogen and oxygen atoms in total. The molecule has 2 aromatic carbocycles. The molecule has 3 rings (SSSR count). The van der Waals surface area contributed by atoms with Gasteiger partial charge in [-0.15, -0.1) is 0 Å². The van der Waals surface area contributed by atoms with Crippen molar-refractivity contribution >= 4 is 70.2 Å². The summed E-state index contributed by atoms with van der Waals surface area (Å²) in [7, 11) is 0. The maximum atomic E-state index is 13.8. The number of aromatic amines is 1. The number of para-hydroxylation sites is 1. The van der Waals surface area contributed by atoms with Crippen molar-refractivity contribution in [1.82, 2.24) is 42.2 Å². The number of carboxylic acid groups (broad SMARTS) is 3. The highest BCUT2D eigenvalue weighted by Gasteiger charge is 2.33. The van der Waals surface area contributed by atoms with Crippen molar-refractivity contribution in [3.63, 3.8) is 0 Å². The number of carbonyl (C=O) groups excluding carboxylic acids is 7. The summed E-state index contributed by atoms with van der Waals surface area (Å²) in [6.45, 7) is 5.34. The van der Waals surface area contributed by atoms with Gasteiger partial charge in [-0.2, -0.15) is 0 Å². The second kappa shape index (κ2) is 25.1. The van der Waals surface area contributed by atoms with Gasteiger partial charge in [0.15, 0.2) is 0 Å². The first kappa shape index (κ1) is 52.8. The third kappa shape index (κ3) is 17.2. The number of fused-ring (bicyclic) bond motifs is 1. The van der Waals surface area contributed by atoms with Crippen LogP contribution in [-0.2, 0) is 60.8 Å². The molecule has 0 aliphatic carbocycles. The summed E-state index contributed by atoms with van der Waals surface area (Å²) < 4.78 is 0. The molecule has 7 amide bonds. The molecule has 14 N–H and O–H groups in total. The molecule has 66 heavy (non-hydrogen) atoms. The fraction of sp³-hybridized carbons (Fsp3) is 0.442.